The number of esters is 2. The molecule has 0 rings (SSSR count). The zero-order chi connectivity index (χ0) is 9.56. The molecule has 12 heavy (non-hydrogen) atoms. The summed E-state index contributed by atoms with van der Waals surface area (Å²) in [5.74, 6) is 1.03. The summed E-state index contributed by atoms with van der Waals surface area (Å²) in [6, 6.07) is 0. The number of terminal acetylenes is 1. The lowest BCUT2D eigenvalue weighted by Crippen LogP contribution is -2.19. The zero-order valence-corrected chi connectivity index (χ0v) is 6.99. The average molecular weight is 170 g/mol. The third-order valence-corrected chi connectivity index (χ3v) is 0.936. The summed E-state index contributed by atoms with van der Waals surface area (Å²) >= 11 is 0. The van der Waals surface area contributed by atoms with Crippen LogP contribution in [0.2, 0.25) is 0 Å². The first-order valence-corrected chi connectivity index (χ1v) is 3.35. The Morgan fingerprint density at radius 2 is 2.17 bits per heavy atom. The lowest BCUT2D eigenvalue weighted by Gasteiger charge is -2.06. The molecule has 0 fully saturated rings. The molecule has 0 radical (unpaired) electrons. The van der Waals surface area contributed by atoms with E-state index in [1.165, 1.54) is 6.92 Å². The molecule has 0 aromatic heterocycles. The topological polar surface area (TPSA) is 52.6 Å². The molecular formula is C8H10O4. The van der Waals surface area contributed by atoms with Crippen molar-refractivity contribution in [1.82, 2.24) is 0 Å². The molecule has 0 aliphatic heterocycles. The van der Waals surface area contributed by atoms with Gasteiger partial charge in [0.1, 0.15) is 0 Å². The standard InChI is InChI=1S/C8H10O4/c1-4-6(2)12-8(10)5-11-7(3)9/h1,6H,5H2,2-3H3. The van der Waals surface area contributed by atoms with Crippen LogP contribution < -0.4 is 0 Å². The summed E-state index contributed by atoms with van der Waals surface area (Å²) in [6.45, 7) is 2.37. The summed E-state index contributed by atoms with van der Waals surface area (Å²) in [5.41, 5.74) is 0. The molecule has 0 N–H and O–H groups in total. The minimum Gasteiger partial charge on any atom is -0.454 e. The quantitative estimate of drug-likeness (QED) is 0.445. The Hall–Kier alpha value is -1.50. The van der Waals surface area contributed by atoms with Gasteiger partial charge in [0.15, 0.2) is 12.7 Å². The van der Waals surface area contributed by atoms with Gasteiger partial charge < -0.3 is 9.47 Å². The van der Waals surface area contributed by atoms with Gasteiger partial charge in [0, 0.05) is 6.92 Å². The van der Waals surface area contributed by atoms with E-state index < -0.39 is 18.0 Å². The van der Waals surface area contributed by atoms with Crippen LogP contribution >= 0.6 is 0 Å². The molecular weight excluding hydrogens is 160 g/mol. The van der Waals surface area contributed by atoms with E-state index >= 15 is 0 Å². The minimum atomic E-state index is -0.643. The van der Waals surface area contributed by atoms with E-state index in [-0.39, 0.29) is 6.61 Å². The van der Waals surface area contributed by atoms with Gasteiger partial charge in [-0.15, -0.1) is 6.42 Å². The number of hydrogen-bond acceptors (Lipinski definition) is 4. The molecule has 0 aromatic rings. The maximum Gasteiger partial charge on any atom is 0.345 e. The number of rotatable bonds is 3. The van der Waals surface area contributed by atoms with Gasteiger partial charge in [-0.25, -0.2) is 4.79 Å². The summed E-state index contributed by atoms with van der Waals surface area (Å²) in [4.78, 5) is 21.0. The Morgan fingerprint density at radius 1 is 1.58 bits per heavy atom. The van der Waals surface area contributed by atoms with Gasteiger partial charge in [0.25, 0.3) is 0 Å². The van der Waals surface area contributed by atoms with Gasteiger partial charge in [-0.2, -0.15) is 0 Å². The Kier molecular flexibility index (Phi) is 4.54. The van der Waals surface area contributed by atoms with E-state index in [2.05, 4.69) is 15.4 Å². The van der Waals surface area contributed by atoms with Gasteiger partial charge in [-0.05, 0) is 6.92 Å². The summed E-state index contributed by atoms with van der Waals surface area (Å²) in [5, 5.41) is 0. The molecule has 0 aromatic carbocycles. The van der Waals surface area contributed by atoms with Gasteiger partial charge in [-0.3, -0.25) is 4.79 Å². The van der Waals surface area contributed by atoms with Crippen molar-refractivity contribution in [3.8, 4) is 12.3 Å². The smallest absolute Gasteiger partial charge is 0.345 e. The van der Waals surface area contributed by atoms with E-state index in [4.69, 9.17) is 6.42 Å². The molecule has 0 heterocycles. The first kappa shape index (κ1) is 10.5. The molecule has 0 saturated carbocycles. The lowest BCUT2D eigenvalue weighted by molar-refractivity contribution is -0.159. The van der Waals surface area contributed by atoms with Crippen LogP contribution in [0, 0.1) is 12.3 Å². The van der Waals surface area contributed by atoms with Crippen LogP contribution in [0.25, 0.3) is 0 Å². The van der Waals surface area contributed by atoms with Crippen LogP contribution in [0.15, 0.2) is 0 Å². The molecule has 0 bridgehead atoms. The first-order valence-electron chi connectivity index (χ1n) is 3.35. The fourth-order valence-corrected chi connectivity index (χ4v) is 0.426. The highest BCUT2D eigenvalue weighted by atomic mass is 16.6. The third kappa shape index (κ3) is 5.30. The van der Waals surface area contributed by atoms with Gasteiger partial charge in [0.2, 0.25) is 0 Å². The molecule has 0 saturated heterocycles. The highest BCUT2D eigenvalue weighted by molar-refractivity contribution is 5.75. The van der Waals surface area contributed by atoms with Crippen LogP contribution in [0.5, 0.6) is 0 Å². The molecule has 4 heteroatoms. The van der Waals surface area contributed by atoms with Gasteiger partial charge in [-0.1, -0.05) is 5.92 Å². The van der Waals surface area contributed by atoms with Crippen molar-refractivity contribution in [3.63, 3.8) is 0 Å². The average Bonchev–Trinajstić information content (AvgIpc) is 2.00. The molecule has 1 atom stereocenters. The van der Waals surface area contributed by atoms with Crippen molar-refractivity contribution >= 4 is 11.9 Å². The van der Waals surface area contributed by atoms with Crippen LogP contribution in [0.4, 0.5) is 0 Å². The van der Waals surface area contributed by atoms with Crippen molar-refractivity contribution in [2.45, 2.75) is 20.0 Å². The maximum absolute atomic E-state index is 10.7. The Balaban J connectivity index is 3.62. The number of hydrogen-bond donors (Lipinski definition) is 0. The van der Waals surface area contributed by atoms with E-state index in [1.807, 2.05) is 0 Å². The van der Waals surface area contributed by atoms with Crippen LogP contribution in [-0.4, -0.2) is 24.6 Å². The van der Waals surface area contributed by atoms with Gasteiger partial charge in [0.05, 0.1) is 0 Å². The SMILES string of the molecule is C#CC(C)OC(=O)COC(C)=O. The second kappa shape index (κ2) is 5.19. The van der Waals surface area contributed by atoms with Crippen molar-refractivity contribution in [2.24, 2.45) is 0 Å². The normalized spacial score (nSPS) is 11.1. The molecule has 66 valence electrons. The van der Waals surface area contributed by atoms with E-state index in [0.717, 1.165) is 0 Å². The predicted octanol–water partition coefficient (Wildman–Crippen LogP) is 0.114. The molecule has 0 amide bonds. The maximum atomic E-state index is 10.7. The Morgan fingerprint density at radius 3 is 2.58 bits per heavy atom. The molecule has 1 unspecified atom stereocenters. The Bertz CT molecular complexity index is 214. The molecule has 0 spiro atoms. The Labute approximate surface area is 70.8 Å². The highest BCUT2D eigenvalue weighted by Crippen LogP contribution is 1.89. The van der Waals surface area contributed by atoms with Crippen molar-refractivity contribution in [2.75, 3.05) is 6.61 Å². The fourth-order valence-electron chi connectivity index (χ4n) is 0.426. The third-order valence-electron chi connectivity index (χ3n) is 0.936. The monoisotopic (exact) mass is 170 g/mol. The van der Waals surface area contributed by atoms with E-state index in [9.17, 15) is 9.59 Å². The van der Waals surface area contributed by atoms with Crippen LogP contribution in [-0.2, 0) is 19.1 Å². The fraction of sp³-hybridized carbons (Fsp3) is 0.500. The van der Waals surface area contributed by atoms with Crippen molar-refractivity contribution in [1.29, 1.82) is 0 Å². The van der Waals surface area contributed by atoms with E-state index in [1.54, 1.807) is 6.92 Å². The van der Waals surface area contributed by atoms with Crippen molar-refractivity contribution < 1.29 is 19.1 Å². The number of ether oxygens (including phenoxy) is 2. The number of carbonyl (C=O) groups is 2. The van der Waals surface area contributed by atoms with Crippen LogP contribution in [0.1, 0.15) is 13.8 Å². The highest BCUT2D eigenvalue weighted by Gasteiger charge is 2.07. The second-order valence-corrected chi connectivity index (χ2v) is 2.08. The van der Waals surface area contributed by atoms with Crippen LogP contribution in [0.3, 0.4) is 0 Å². The summed E-state index contributed by atoms with van der Waals surface area (Å²) in [7, 11) is 0. The summed E-state index contributed by atoms with van der Waals surface area (Å²) < 4.78 is 8.96. The lowest BCUT2D eigenvalue weighted by atomic mass is 10.4. The number of carbonyl (C=O) groups excluding carboxylic acids is 2. The summed E-state index contributed by atoms with van der Waals surface area (Å²) in [6.07, 6.45) is 4.35. The second-order valence-electron chi connectivity index (χ2n) is 2.08. The van der Waals surface area contributed by atoms with E-state index in [0.29, 0.717) is 0 Å². The van der Waals surface area contributed by atoms with Gasteiger partial charge >= 0.3 is 11.9 Å². The molecule has 0 aliphatic rings. The molecule has 4 nitrogen and oxygen atoms in total. The minimum absolute atomic E-state index is 0.388. The predicted molar refractivity (Wildman–Crippen MR) is 41.0 cm³/mol. The van der Waals surface area contributed by atoms with Crippen molar-refractivity contribution in [3.05, 3.63) is 0 Å². The first-order chi connectivity index (χ1) is 5.56. The molecule has 0 aliphatic carbocycles. The zero-order valence-electron chi connectivity index (χ0n) is 6.99. The largest absolute Gasteiger partial charge is 0.454 e.